The lowest BCUT2D eigenvalue weighted by atomic mass is 10.2. The van der Waals surface area contributed by atoms with Crippen molar-refractivity contribution in [3.63, 3.8) is 0 Å². The lowest BCUT2D eigenvalue weighted by Crippen LogP contribution is -2.31. The Morgan fingerprint density at radius 2 is 1.88 bits per heavy atom. The van der Waals surface area contributed by atoms with Crippen LogP contribution in [0, 0.1) is 0 Å². The average molecular weight is 402 g/mol. The van der Waals surface area contributed by atoms with Gasteiger partial charge in [0.1, 0.15) is 11.3 Å². The third-order valence-electron chi connectivity index (χ3n) is 3.68. The molecule has 3 aromatic rings. The fourth-order valence-corrected chi connectivity index (χ4v) is 2.85. The topological polar surface area (TPSA) is 68.5 Å². The SMILES string of the molecule is C[C@@H](NC(=O)COC(=O)c1ccccc1Br)c1cc2ccccc2o1. The maximum atomic E-state index is 12.0. The summed E-state index contributed by atoms with van der Waals surface area (Å²) in [5, 5.41) is 3.73. The molecule has 0 bridgehead atoms. The molecule has 1 N–H and O–H groups in total. The number of halogens is 1. The number of hydrogen-bond acceptors (Lipinski definition) is 4. The summed E-state index contributed by atoms with van der Waals surface area (Å²) in [7, 11) is 0. The molecule has 0 aliphatic carbocycles. The van der Waals surface area contributed by atoms with E-state index >= 15 is 0 Å². The molecular formula is C19H16BrNO4. The summed E-state index contributed by atoms with van der Waals surface area (Å²) in [5.74, 6) is -0.306. The van der Waals surface area contributed by atoms with Crippen molar-refractivity contribution in [2.45, 2.75) is 13.0 Å². The first-order valence-electron chi connectivity index (χ1n) is 7.74. The standard InChI is InChI=1S/C19H16BrNO4/c1-12(17-10-13-6-2-5-9-16(13)25-17)21-18(22)11-24-19(23)14-7-3-4-8-15(14)20/h2-10,12H,11H2,1H3,(H,21,22)/t12-/m1/s1. The quantitative estimate of drug-likeness (QED) is 0.649. The molecule has 2 aromatic carbocycles. The minimum Gasteiger partial charge on any atom is -0.459 e. The van der Waals surface area contributed by atoms with Gasteiger partial charge in [-0.05, 0) is 47.1 Å². The Hall–Kier alpha value is -2.60. The molecule has 0 fully saturated rings. The van der Waals surface area contributed by atoms with E-state index in [1.165, 1.54) is 0 Å². The van der Waals surface area contributed by atoms with Gasteiger partial charge in [-0.15, -0.1) is 0 Å². The zero-order chi connectivity index (χ0) is 17.8. The molecule has 0 radical (unpaired) electrons. The molecular weight excluding hydrogens is 386 g/mol. The van der Waals surface area contributed by atoms with Gasteiger partial charge in [-0.1, -0.05) is 30.3 Å². The van der Waals surface area contributed by atoms with Gasteiger partial charge in [-0.25, -0.2) is 4.79 Å². The monoisotopic (exact) mass is 401 g/mol. The molecule has 0 spiro atoms. The normalized spacial score (nSPS) is 11.9. The van der Waals surface area contributed by atoms with E-state index < -0.39 is 11.9 Å². The molecule has 1 atom stereocenters. The Balaban J connectivity index is 1.57. The maximum absolute atomic E-state index is 12.0. The molecule has 0 saturated carbocycles. The highest BCUT2D eigenvalue weighted by molar-refractivity contribution is 9.10. The minimum atomic E-state index is -0.556. The first-order chi connectivity index (χ1) is 12.0. The number of ether oxygens (including phenoxy) is 1. The van der Waals surface area contributed by atoms with Crippen LogP contribution in [0.5, 0.6) is 0 Å². The van der Waals surface area contributed by atoms with E-state index in [0.717, 1.165) is 11.0 Å². The maximum Gasteiger partial charge on any atom is 0.339 e. The number of hydrogen-bond donors (Lipinski definition) is 1. The Morgan fingerprint density at radius 1 is 1.16 bits per heavy atom. The molecule has 1 aromatic heterocycles. The zero-order valence-corrected chi connectivity index (χ0v) is 15.1. The van der Waals surface area contributed by atoms with E-state index in [-0.39, 0.29) is 12.6 Å². The van der Waals surface area contributed by atoms with Crippen molar-refractivity contribution in [1.29, 1.82) is 0 Å². The Labute approximate surface area is 153 Å². The first kappa shape index (κ1) is 17.2. The van der Waals surface area contributed by atoms with Crippen LogP contribution in [0.25, 0.3) is 11.0 Å². The number of nitrogens with one attached hydrogen (secondary N) is 1. The third-order valence-corrected chi connectivity index (χ3v) is 4.37. The number of carbonyl (C=O) groups is 2. The number of rotatable bonds is 5. The predicted molar refractivity (Wildman–Crippen MR) is 97.2 cm³/mol. The first-order valence-corrected chi connectivity index (χ1v) is 8.53. The van der Waals surface area contributed by atoms with E-state index in [2.05, 4.69) is 21.2 Å². The fourth-order valence-electron chi connectivity index (χ4n) is 2.41. The van der Waals surface area contributed by atoms with Gasteiger partial charge < -0.3 is 14.5 Å². The van der Waals surface area contributed by atoms with E-state index in [1.807, 2.05) is 37.3 Å². The van der Waals surface area contributed by atoms with E-state index in [4.69, 9.17) is 9.15 Å². The summed E-state index contributed by atoms with van der Waals surface area (Å²) in [6, 6.07) is 16.1. The number of benzene rings is 2. The number of fused-ring (bicyclic) bond motifs is 1. The number of amides is 1. The van der Waals surface area contributed by atoms with Gasteiger partial charge in [-0.2, -0.15) is 0 Å². The summed E-state index contributed by atoms with van der Waals surface area (Å²) >= 11 is 3.28. The van der Waals surface area contributed by atoms with Crippen LogP contribution in [0.15, 0.2) is 63.5 Å². The summed E-state index contributed by atoms with van der Waals surface area (Å²) in [6.07, 6.45) is 0. The van der Waals surface area contributed by atoms with Crippen LogP contribution in [0.2, 0.25) is 0 Å². The molecule has 1 heterocycles. The van der Waals surface area contributed by atoms with Gasteiger partial charge in [0.25, 0.3) is 5.91 Å². The molecule has 0 aliphatic heterocycles. The second kappa shape index (κ2) is 7.53. The van der Waals surface area contributed by atoms with Crippen molar-refractivity contribution in [3.05, 3.63) is 70.4 Å². The largest absolute Gasteiger partial charge is 0.459 e. The second-order valence-corrected chi connectivity index (χ2v) is 6.39. The Bertz CT molecular complexity index is 885. The lowest BCUT2D eigenvalue weighted by molar-refractivity contribution is -0.125. The fraction of sp³-hybridized carbons (Fsp3) is 0.158. The van der Waals surface area contributed by atoms with Crippen LogP contribution in [0.1, 0.15) is 29.1 Å². The van der Waals surface area contributed by atoms with Crippen LogP contribution < -0.4 is 5.32 Å². The molecule has 0 aliphatic rings. The van der Waals surface area contributed by atoms with Gasteiger partial charge in [0.15, 0.2) is 6.61 Å². The van der Waals surface area contributed by atoms with Crippen molar-refractivity contribution in [3.8, 4) is 0 Å². The smallest absolute Gasteiger partial charge is 0.339 e. The van der Waals surface area contributed by atoms with Gasteiger partial charge in [0, 0.05) is 9.86 Å². The molecule has 5 nitrogen and oxygen atoms in total. The van der Waals surface area contributed by atoms with Crippen molar-refractivity contribution in [2.24, 2.45) is 0 Å². The van der Waals surface area contributed by atoms with E-state index in [1.54, 1.807) is 24.3 Å². The van der Waals surface area contributed by atoms with Crippen LogP contribution in [0.3, 0.4) is 0 Å². The van der Waals surface area contributed by atoms with Crippen LogP contribution >= 0.6 is 15.9 Å². The highest BCUT2D eigenvalue weighted by Gasteiger charge is 2.17. The predicted octanol–water partition coefficient (Wildman–Crippen LogP) is 4.23. The van der Waals surface area contributed by atoms with Crippen LogP contribution in [0.4, 0.5) is 0 Å². The van der Waals surface area contributed by atoms with Gasteiger partial charge in [0.2, 0.25) is 0 Å². The summed E-state index contributed by atoms with van der Waals surface area (Å²) < 4.78 is 11.4. The van der Waals surface area contributed by atoms with Crippen LogP contribution in [-0.4, -0.2) is 18.5 Å². The highest BCUT2D eigenvalue weighted by atomic mass is 79.9. The van der Waals surface area contributed by atoms with Gasteiger partial charge >= 0.3 is 5.97 Å². The molecule has 0 saturated heterocycles. The number of esters is 1. The zero-order valence-electron chi connectivity index (χ0n) is 13.5. The number of carbonyl (C=O) groups excluding carboxylic acids is 2. The van der Waals surface area contributed by atoms with E-state index in [9.17, 15) is 9.59 Å². The molecule has 6 heteroatoms. The number of furan rings is 1. The second-order valence-electron chi connectivity index (χ2n) is 5.53. The van der Waals surface area contributed by atoms with Crippen LogP contribution in [-0.2, 0) is 9.53 Å². The van der Waals surface area contributed by atoms with Gasteiger partial charge in [-0.3, -0.25) is 4.79 Å². The molecule has 128 valence electrons. The van der Waals surface area contributed by atoms with Crippen molar-refractivity contribution in [2.75, 3.05) is 6.61 Å². The highest BCUT2D eigenvalue weighted by Crippen LogP contribution is 2.23. The lowest BCUT2D eigenvalue weighted by Gasteiger charge is -2.12. The molecule has 0 unspecified atom stereocenters. The molecule has 3 rings (SSSR count). The van der Waals surface area contributed by atoms with Crippen molar-refractivity contribution >= 4 is 38.8 Å². The molecule has 1 amide bonds. The summed E-state index contributed by atoms with van der Waals surface area (Å²) in [6.45, 7) is 1.45. The minimum absolute atomic E-state index is 0.331. The summed E-state index contributed by atoms with van der Waals surface area (Å²) in [5.41, 5.74) is 1.14. The number of para-hydroxylation sites is 1. The summed E-state index contributed by atoms with van der Waals surface area (Å²) in [4.78, 5) is 24.0. The van der Waals surface area contributed by atoms with Crippen molar-refractivity contribution in [1.82, 2.24) is 5.32 Å². The Kier molecular flexibility index (Phi) is 5.19. The van der Waals surface area contributed by atoms with Gasteiger partial charge in [0.05, 0.1) is 11.6 Å². The average Bonchev–Trinajstić information content (AvgIpc) is 3.04. The van der Waals surface area contributed by atoms with Crippen molar-refractivity contribution < 1.29 is 18.7 Å². The molecule has 25 heavy (non-hydrogen) atoms. The third kappa shape index (κ3) is 4.09. The van der Waals surface area contributed by atoms with E-state index in [0.29, 0.717) is 15.8 Å². The Morgan fingerprint density at radius 3 is 2.64 bits per heavy atom.